The summed E-state index contributed by atoms with van der Waals surface area (Å²) in [6.07, 6.45) is 10.4. The van der Waals surface area contributed by atoms with Crippen LogP contribution in [0.15, 0.2) is 95.4 Å². The van der Waals surface area contributed by atoms with E-state index < -0.39 is 10.0 Å². The summed E-state index contributed by atoms with van der Waals surface area (Å²) in [5, 5.41) is 11.7. The number of benzene rings is 3. The van der Waals surface area contributed by atoms with Crippen LogP contribution in [0.2, 0.25) is 0 Å². The van der Waals surface area contributed by atoms with E-state index >= 15 is 0 Å². The molecule has 0 aliphatic rings. The van der Waals surface area contributed by atoms with E-state index in [4.69, 9.17) is 6.42 Å². The molecule has 5 heteroatoms. The monoisotopic (exact) mass is 412 g/mol. The Hall–Kier alpha value is -3.64. The summed E-state index contributed by atoms with van der Waals surface area (Å²) >= 11 is 0. The molecule has 3 aromatic rings. The fourth-order valence-corrected chi connectivity index (χ4v) is 4.38. The zero-order valence-electron chi connectivity index (χ0n) is 16.3. The first kappa shape index (κ1) is 21.1. The van der Waals surface area contributed by atoms with Crippen LogP contribution in [0.4, 0.5) is 0 Å². The highest BCUT2D eigenvalue weighted by Crippen LogP contribution is 2.21. The van der Waals surface area contributed by atoms with E-state index in [-0.39, 0.29) is 18.0 Å². The van der Waals surface area contributed by atoms with Crippen molar-refractivity contribution in [3.05, 3.63) is 96.1 Å². The minimum atomic E-state index is -3.72. The van der Waals surface area contributed by atoms with Crippen molar-refractivity contribution in [2.24, 2.45) is 0 Å². The van der Waals surface area contributed by atoms with Gasteiger partial charge >= 0.3 is 0 Å². The zero-order chi connectivity index (χ0) is 21.4. The van der Waals surface area contributed by atoms with Crippen molar-refractivity contribution in [1.29, 1.82) is 5.26 Å². The van der Waals surface area contributed by atoms with Crippen LogP contribution in [0, 0.1) is 23.7 Å². The smallest absolute Gasteiger partial charge is 0.207 e. The molecule has 4 nitrogen and oxygen atoms in total. The highest BCUT2D eigenvalue weighted by atomic mass is 32.2. The molecule has 0 aliphatic heterocycles. The van der Waals surface area contributed by atoms with Gasteiger partial charge in [-0.05, 0) is 40.6 Å². The van der Waals surface area contributed by atoms with E-state index in [1.165, 1.54) is 16.4 Å². The van der Waals surface area contributed by atoms with Crippen molar-refractivity contribution in [2.75, 3.05) is 13.1 Å². The molecule has 0 spiro atoms. The first-order valence-electron chi connectivity index (χ1n) is 9.31. The maximum atomic E-state index is 12.8. The zero-order valence-corrected chi connectivity index (χ0v) is 17.1. The van der Waals surface area contributed by atoms with Crippen molar-refractivity contribution in [1.82, 2.24) is 4.31 Å². The summed E-state index contributed by atoms with van der Waals surface area (Å²) in [6.45, 7) is 0.00643. The van der Waals surface area contributed by atoms with Gasteiger partial charge in [0.05, 0.1) is 23.1 Å². The second kappa shape index (κ2) is 9.71. The third-order valence-corrected chi connectivity index (χ3v) is 6.34. The molecule has 0 saturated heterocycles. The van der Waals surface area contributed by atoms with Crippen LogP contribution in [0.3, 0.4) is 0 Å². The molecule has 0 bridgehead atoms. The number of nitriles is 1. The summed E-state index contributed by atoms with van der Waals surface area (Å²) in [4.78, 5) is 0.181. The molecule has 0 aliphatic carbocycles. The summed E-state index contributed by atoms with van der Waals surface area (Å²) in [6, 6.07) is 24.1. The largest absolute Gasteiger partial charge is 0.244 e. The molecule has 0 radical (unpaired) electrons. The molecule has 148 valence electrons. The van der Waals surface area contributed by atoms with Crippen LogP contribution in [0.5, 0.6) is 0 Å². The fourth-order valence-electron chi connectivity index (χ4n) is 3.05. The molecule has 0 N–H and O–H groups in total. The second-order valence-corrected chi connectivity index (χ2v) is 8.43. The van der Waals surface area contributed by atoms with E-state index in [9.17, 15) is 13.7 Å². The number of nitrogens with zero attached hydrogens (tertiary/aromatic N) is 2. The standard InChI is InChI=1S/C25H20N2O2S/c1-2-17-27(30(28,29)24-14-4-3-5-15-24)18-9-10-21(20-26)19-23-13-8-12-22-11-6-7-16-25(22)23/h1,3-16,19H,17-18H2/b10-9+,21-19-. The third kappa shape index (κ3) is 4.85. The maximum Gasteiger partial charge on any atom is 0.244 e. The van der Waals surface area contributed by atoms with E-state index in [1.807, 2.05) is 42.5 Å². The molecule has 0 atom stereocenters. The van der Waals surface area contributed by atoms with Gasteiger partial charge in [-0.25, -0.2) is 8.42 Å². The Morgan fingerprint density at radius 2 is 1.70 bits per heavy atom. The van der Waals surface area contributed by atoms with Gasteiger partial charge in [0.15, 0.2) is 0 Å². The number of sulfonamides is 1. The summed E-state index contributed by atoms with van der Waals surface area (Å²) in [5.41, 5.74) is 1.34. The molecule has 30 heavy (non-hydrogen) atoms. The number of terminal acetylenes is 1. The van der Waals surface area contributed by atoms with E-state index in [0.717, 1.165) is 16.3 Å². The van der Waals surface area contributed by atoms with E-state index in [1.54, 1.807) is 36.4 Å². The number of allylic oxidation sites excluding steroid dienone is 2. The fraction of sp³-hybridized carbons (Fsp3) is 0.0800. The predicted molar refractivity (Wildman–Crippen MR) is 121 cm³/mol. The average Bonchev–Trinajstić information content (AvgIpc) is 2.78. The minimum absolute atomic E-state index is 0.0590. The van der Waals surface area contributed by atoms with Crippen molar-refractivity contribution >= 4 is 26.9 Å². The highest BCUT2D eigenvalue weighted by Gasteiger charge is 2.22. The first-order valence-corrected chi connectivity index (χ1v) is 10.7. The Morgan fingerprint density at radius 3 is 2.43 bits per heavy atom. The van der Waals surface area contributed by atoms with Crippen LogP contribution in [0.1, 0.15) is 5.56 Å². The maximum absolute atomic E-state index is 12.8. The van der Waals surface area contributed by atoms with Gasteiger partial charge in [0.1, 0.15) is 0 Å². The van der Waals surface area contributed by atoms with Gasteiger partial charge in [0, 0.05) is 6.54 Å². The molecule has 0 aromatic heterocycles. The summed E-state index contributed by atoms with van der Waals surface area (Å²) < 4.78 is 26.8. The molecular formula is C25H20N2O2S. The lowest BCUT2D eigenvalue weighted by molar-refractivity contribution is 0.478. The van der Waals surface area contributed by atoms with Gasteiger partial charge in [-0.2, -0.15) is 9.57 Å². The number of fused-ring (bicyclic) bond motifs is 1. The van der Waals surface area contributed by atoms with Gasteiger partial charge in [0.25, 0.3) is 0 Å². The lowest BCUT2D eigenvalue weighted by Crippen LogP contribution is -2.31. The highest BCUT2D eigenvalue weighted by molar-refractivity contribution is 7.89. The first-order chi connectivity index (χ1) is 14.6. The normalized spacial score (nSPS) is 12.2. The number of rotatable bonds is 7. The lowest BCUT2D eigenvalue weighted by Gasteiger charge is -2.18. The Labute approximate surface area is 177 Å². The third-order valence-electron chi connectivity index (χ3n) is 4.52. The van der Waals surface area contributed by atoms with Crippen molar-refractivity contribution in [3.63, 3.8) is 0 Å². The Bertz CT molecular complexity index is 1270. The van der Waals surface area contributed by atoms with Crippen molar-refractivity contribution in [2.45, 2.75) is 4.90 Å². The van der Waals surface area contributed by atoms with Crippen LogP contribution in [-0.4, -0.2) is 25.8 Å². The number of hydrogen-bond acceptors (Lipinski definition) is 3. The molecule has 0 fully saturated rings. The van der Waals surface area contributed by atoms with Crippen LogP contribution in [0.25, 0.3) is 16.8 Å². The van der Waals surface area contributed by atoms with Gasteiger partial charge in [-0.3, -0.25) is 0 Å². The lowest BCUT2D eigenvalue weighted by atomic mass is 10.0. The topological polar surface area (TPSA) is 61.2 Å². The van der Waals surface area contributed by atoms with Gasteiger partial charge in [-0.15, -0.1) is 6.42 Å². The SMILES string of the molecule is C#CCN(C/C=C/C(C#N)=C/c1cccc2ccccc12)S(=O)(=O)c1ccccc1. The molecule has 0 saturated carbocycles. The molecule has 3 rings (SSSR count). The van der Waals surface area contributed by atoms with Crippen LogP contribution >= 0.6 is 0 Å². The Kier molecular flexibility index (Phi) is 6.83. The summed E-state index contributed by atoms with van der Waals surface area (Å²) in [5.74, 6) is 2.39. The second-order valence-electron chi connectivity index (χ2n) is 6.50. The predicted octanol–water partition coefficient (Wildman–Crippen LogP) is 4.63. The molecule has 0 unspecified atom stereocenters. The molecule has 3 aromatic carbocycles. The Balaban J connectivity index is 1.84. The quantitative estimate of drug-likeness (QED) is 0.323. The van der Waals surface area contributed by atoms with E-state index in [2.05, 4.69) is 12.0 Å². The average molecular weight is 413 g/mol. The van der Waals surface area contributed by atoms with Crippen LogP contribution < -0.4 is 0 Å². The van der Waals surface area contributed by atoms with Gasteiger partial charge in [-0.1, -0.05) is 72.7 Å². The van der Waals surface area contributed by atoms with Gasteiger partial charge < -0.3 is 0 Å². The molecular weight excluding hydrogens is 392 g/mol. The molecule has 0 amide bonds. The Morgan fingerprint density at radius 1 is 1.00 bits per heavy atom. The van der Waals surface area contributed by atoms with Crippen molar-refractivity contribution in [3.8, 4) is 18.4 Å². The van der Waals surface area contributed by atoms with Crippen molar-refractivity contribution < 1.29 is 8.42 Å². The van der Waals surface area contributed by atoms with E-state index in [0.29, 0.717) is 5.57 Å². The van der Waals surface area contributed by atoms with Crippen LogP contribution in [-0.2, 0) is 10.0 Å². The molecule has 0 heterocycles. The number of hydrogen-bond donors (Lipinski definition) is 0. The van der Waals surface area contributed by atoms with Gasteiger partial charge in [0.2, 0.25) is 10.0 Å². The minimum Gasteiger partial charge on any atom is -0.207 e. The summed E-state index contributed by atoms with van der Waals surface area (Å²) in [7, 11) is -3.72.